The van der Waals surface area contributed by atoms with Crippen molar-refractivity contribution in [2.75, 3.05) is 0 Å². The molecule has 2 nitrogen and oxygen atoms in total. The van der Waals surface area contributed by atoms with Crippen LogP contribution in [0.25, 0.3) is 10.6 Å². The first-order valence-electron chi connectivity index (χ1n) is 5.88. The number of nitrogens with zero attached hydrogens (tertiary/aromatic N) is 1. The van der Waals surface area contributed by atoms with Gasteiger partial charge in [-0.3, -0.25) is 0 Å². The number of rotatable bonds is 3. The summed E-state index contributed by atoms with van der Waals surface area (Å²) in [5.74, 6) is 0.571. The van der Waals surface area contributed by atoms with Gasteiger partial charge in [-0.2, -0.15) is 0 Å². The molecule has 0 saturated carbocycles. The normalized spacial score (nSPS) is 11.1. The maximum atomic E-state index is 5.68. The fourth-order valence-electron chi connectivity index (χ4n) is 1.75. The van der Waals surface area contributed by atoms with Crippen LogP contribution in [-0.4, -0.2) is 4.98 Å². The molecule has 0 unspecified atom stereocenters. The molecule has 17 heavy (non-hydrogen) atoms. The van der Waals surface area contributed by atoms with Crippen molar-refractivity contribution in [3.63, 3.8) is 0 Å². The lowest BCUT2D eigenvalue weighted by Gasteiger charge is -2.05. The number of benzene rings is 1. The quantitative estimate of drug-likeness (QED) is 0.896. The van der Waals surface area contributed by atoms with Gasteiger partial charge in [0.1, 0.15) is 5.01 Å². The molecular weight excluding hydrogens is 228 g/mol. The van der Waals surface area contributed by atoms with Gasteiger partial charge in [-0.25, -0.2) is 4.98 Å². The van der Waals surface area contributed by atoms with E-state index in [4.69, 9.17) is 5.73 Å². The number of thiazole rings is 1. The Kier molecular flexibility index (Phi) is 3.60. The Morgan fingerprint density at radius 2 is 1.88 bits per heavy atom. The highest BCUT2D eigenvalue weighted by Crippen LogP contribution is 2.28. The average Bonchev–Trinajstić information content (AvgIpc) is 2.70. The molecule has 0 saturated heterocycles. The third-order valence-corrected chi connectivity index (χ3v) is 4.13. The molecule has 0 radical (unpaired) electrons. The highest BCUT2D eigenvalue weighted by Gasteiger charge is 2.08. The van der Waals surface area contributed by atoms with Crippen LogP contribution in [0.1, 0.15) is 35.9 Å². The summed E-state index contributed by atoms with van der Waals surface area (Å²) in [5.41, 5.74) is 9.28. The van der Waals surface area contributed by atoms with Crippen molar-refractivity contribution < 1.29 is 0 Å². The van der Waals surface area contributed by atoms with Gasteiger partial charge in [-0.15, -0.1) is 11.3 Å². The number of aromatic nitrogens is 1. The van der Waals surface area contributed by atoms with E-state index in [1.165, 1.54) is 16.0 Å². The number of aryl methyl sites for hydroxylation is 1. The minimum absolute atomic E-state index is 0.571. The van der Waals surface area contributed by atoms with Crippen molar-refractivity contribution in [3.05, 3.63) is 40.4 Å². The molecule has 2 rings (SSSR count). The lowest BCUT2D eigenvalue weighted by Crippen LogP contribution is -1.94. The maximum absolute atomic E-state index is 5.68. The van der Waals surface area contributed by atoms with Crippen molar-refractivity contribution >= 4 is 11.3 Å². The fraction of sp³-hybridized carbons (Fsp3) is 0.357. The molecule has 0 amide bonds. The van der Waals surface area contributed by atoms with Crippen LogP contribution in [0, 0.1) is 6.92 Å². The molecule has 1 aromatic carbocycles. The summed E-state index contributed by atoms with van der Waals surface area (Å²) < 4.78 is 0. The summed E-state index contributed by atoms with van der Waals surface area (Å²) in [6.45, 7) is 7.00. The first-order chi connectivity index (χ1) is 8.11. The standard InChI is InChI=1S/C14H18N2S/c1-9(2)11-4-6-12(7-5-11)14-16-10(3)13(8-15)17-14/h4-7,9H,8,15H2,1-3H3. The van der Waals surface area contributed by atoms with E-state index < -0.39 is 0 Å². The van der Waals surface area contributed by atoms with Gasteiger partial charge < -0.3 is 5.73 Å². The van der Waals surface area contributed by atoms with Gasteiger partial charge in [0, 0.05) is 17.0 Å². The van der Waals surface area contributed by atoms with Gasteiger partial charge in [0.25, 0.3) is 0 Å². The number of hydrogen-bond donors (Lipinski definition) is 1. The van der Waals surface area contributed by atoms with Gasteiger partial charge in [0.15, 0.2) is 0 Å². The van der Waals surface area contributed by atoms with Crippen molar-refractivity contribution in [1.29, 1.82) is 0 Å². The van der Waals surface area contributed by atoms with Gasteiger partial charge in [-0.05, 0) is 18.4 Å². The number of nitrogens with two attached hydrogens (primary N) is 1. The van der Waals surface area contributed by atoms with Crippen molar-refractivity contribution in [3.8, 4) is 10.6 Å². The first-order valence-corrected chi connectivity index (χ1v) is 6.70. The minimum atomic E-state index is 0.571. The average molecular weight is 246 g/mol. The molecule has 0 aliphatic heterocycles. The van der Waals surface area contributed by atoms with Crippen LogP contribution >= 0.6 is 11.3 Å². The van der Waals surface area contributed by atoms with Crippen molar-refractivity contribution in [1.82, 2.24) is 4.98 Å². The zero-order chi connectivity index (χ0) is 12.4. The smallest absolute Gasteiger partial charge is 0.123 e. The molecular formula is C14H18N2S. The largest absolute Gasteiger partial charge is 0.326 e. The van der Waals surface area contributed by atoms with E-state index in [1.807, 2.05) is 6.92 Å². The SMILES string of the molecule is Cc1nc(-c2ccc(C(C)C)cc2)sc1CN. The Labute approximate surface area is 107 Å². The Balaban J connectivity index is 2.33. The van der Waals surface area contributed by atoms with E-state index >= 15 is 0 Å². The summed E-state index contributed by atoms with van der Waals surface area (Å²) in [4.78, 5) is 5.74. The molecule has 1 aromatic heterocycles. The molecule has 3 heteroatoms. The predicted octanol–water partition coefficient (Wildman–Crippen LogP) is 3.70. The van der Waals surface area contributed by atoms with Gasteiger partial charge in [0.2, 0.25) is 0 Å². The minimum Gasteiger partial charge on any atom is -0.326 e. The molecule has 0 bridgehead atoms. The predicted molar refractivity (Wildman–Crippen MR) is 74.3 cm³/mol. The molecule has 0 fully saturated rings. The van der Waals surface area contributed by atoms with Crippen LogP contribution in [0.2, 0.25) is 0 Å². The highest BCUT2D eigenvalue weighted by atomic mass is 32.1. The number of hydrogen-bond acceptors (Lipinski definition) is 3. The fourth-order valence-corrected chi connectivity index (χ4v) is 2.70. The third kappa shape index (κ3) is 2.56. The second-order valence-electron chi connectivity index (χ2n) is 4.51. The molecule has 1 heterocycles. The monoisotopic (exact) mass is 246 g/mol. The van der Waals surface area contributed by atoms with E-state index in [9.17, 15) is 0 Å². The van der Waals surface area contributed by atoms with Crippen molar-refractivity contribution in [2.45, 2.75) is 33.2 Å². The Morgan fingerprint density at radius 3 is 2.35 bits per heavy atom. The lowest BCUT2D eigenvalue weighted by molar-refractivity contribution is 0.867. The zero-order valence-electron chi connectivity index (χ0n) is 10.5. The molecule has 90 valence electrons. The molecule has 2 N–H and O–H groups in total. The topological polar surface area (TPSA) is 38.9 Å². The van der Waals surface area contributed by atoms with Gasteiger partial charge >= 0.3 is 0 Å². The Bertz CT molecular complexity index is 497. The maximum Gasteiger partial charge on any atom is 0.123 e. The molecule has 2 aromatic rings. The van der Waals surface area contributed by atoms with Crippen LogP contribution < -0.4 is 5.73 Å². The Hall–Kier alpha value is -1.19. The lowest BCUT2D eigenvalue weighted by atomic mass is 10.0. The summed E-state index contributed by atoms with van der Waals surface area (Å²) >= 11 is 1.69. The van der Waals surface area contributed by atoms with Gasteiger partial charge in [0.05, 0.1) is 5.69 Å². The zero-order valence-corrected chi connectivity index (χ0v) is 11.3. The van der Waals surface area contributed by atoms with E-state index in [1.54, 1.807) is 11.3 Å². The Morgan fingerprint density at radius 1 is 1.24 bits per heavy atom. The molecule has 0 aliphatic rings. The summed E-state index contributed by atoms with van der Waals surface area (Å²) in [5, 5.41) is 1.07. The molecule has 0 spiro atoms. The summed E-state index contributed by atoms with van der Waals surface area (Å²) in [7, 11) is 0. The highest BCUT2D eigenvalue weighted by molar-refractivity contribution is 7.15. The third-order valence-electron chi connectivity index (χ3n) is 2.90. The van der Waals surface area contributed by atoms with Gasteiger partial charge in [-0.1, -0.05) is 38.1 Å². The summed E-state index contributed by atoms with van der Waals surface area (Å²) in [6.07, 6.45) is 0. The summed E-state index contributed by atoms with van der Waals surface area (Å²) in [6, 6.07) is 8.65. The second kappa shape index (κ2) is 4.98. The molecule has 0 aliphatic carbocycles. The van der Waals surface area contributed by atoms with Crippen LogP contribution in [0.3, 0.4) is 0 Å². The van der Waals surface area contributed by atoms with E-state index in [2.05, 4.69) is 43.1 Å². The molecule has 0 atom stereocenters. The van der Waals surface area contributed by atoms with Crippen LogP contribution in [-0.2, 0) is 6.54 Å². The van der Waals surface area contributed by atoms with Crippen LogP contribution in [0.5, 0.6) is 0 Å². The van der Waals surface area contributed by atoms with E-state index in [0.29, 0.717) is 12.5 Å². The second-order valence-corrected chi connectivity index (χ2v) is 5.59. The van der Waals surface area contributed by atoms with Crippen molar-refractivity contribution in [2.24, 2.45) is 5.73 Å². The van der Waals surface area contributed by atoms with E-state index in [-0.39, 0.29) is 0 Å². The van der Waals surface area contributed by atoms with Crippen LogP contribution in [0.4, 0.5) is 0 Å². The first kappa shape index (κ1) is 12.3. The van der Waals surface area contributed by atoms with Crippen LogP contribution in [0.15, 0.2) is 24.3 Å². The van der Waals surface area contributed by atoms with E-state index in [0.717, 1.165) is 10.7 Å².